The van der Waals surface area contributed by atoms with Crippen LogP contribution in [0.25, 0.3) is 270 Å². The van der Waals surface area contributed by atoms with Gasteiger partial charge >= 0.3 is 0 Å². The lowest BCUT2D eigenvalue weighted by molar-refractivity contribution is 0.592. The summed E-state index contributed by atoms with van der Waals surface area (Å²) in [5.74, 6) is 3.68. The molecule has 0 aliphatic heterocycles. The van der Waals surface area contributed by atoms with Gasteiger partial charge in [0.25, 0.3) is 0 Å². The van der Waals surface area contributed by atoms with Crippen LogP contribution in [0, 0.1) is 0 Å². The molecule has 0 unspecified atom stereocenters. The standard InChI is InChI=1S/C52H31N5O.C43H28NOPS.C40H24N4O/c1-2-13-32(14-3-1)50-54-51(33-25-27-38(28-26-33)57-44-22-9-6-19-39(44)40-20-7-10-23-45(40)57)56-52(55-50)37-18-12-17-36(29-37)48-47-41-21-8-11-24-46(41)58-49(47)42-30-34-15-4-5-16-35(34)31-43(42)53-48;45-46(34-15-3-1-4-16-34,35-17-5-2-6-18-35)36-19-11-14-31(26-36)29-22-24-30(25-23-29)42-41-37-20-9-10-21-40(37)47-43(41)38-27-32-12-7-8-13-33(32)28-39(38)44-42;1-3-11-26(12-4-1)38-42-39(27-13-5-2-6-14-27)44-40(43-38)28-21-19-25(20-22-28)36-35-31-17-9-10-18-34(31)45-37(35)32-23-29-15-7-8-16-30(29)24-33(32)41-36/h1-31H;1-28H;1-24H. The molecule has 21 aromatic carbocycles. The third kappa shape index (κ3) is 15.7. The van der Waals surface area contributed by atoms with E-state index < -0.39 is 7.14 Å². The van der Waals surface area contributed by atoms with Crippen LogP contribution in [0.2, 0.25) is 0 Å². The van der Waals surface area contributed by atoms with Crippen molar-refractivity contribution in [2.75, 3.05) is 0 Å². The average Bonchev–Trinajstić information content (AvgIpc) is 1.55. The number of hydrogen-bond acceptors (Lipinski definition) is 13. The highest BCUT2D eigenvalue weighted by atomic mass is 32.1. The highest BCUT2D eigenvalue weighted by Gasteiger charge is 2.31. The molecule has 0 atom stereocenters. The molecule has 150 heavy (non-hydrogen) atoms. The Morgan fingerprint density at radius 1 is 0.207 bits per heavy atom. The molecule has 0 aliphatic carbocycles. The Hall–Kier alpha value is -19.5. The molecule has 0 N–H and O–H groups in total. The number of pyridine rings is 3. The second-order valence-corrected chi connectivity index (χ2v) is 41.5. The maximum atomic E-state index is 15.0. The van der Waals surface area contributed by atoms with E-state index >= 15 is 4.57 Å². The highest BCUT2D eigenvalue weighted by Crippen LogP contribution is 2.49. The fourth-order valence-electron chi connectivity index (χ4n) is 21.3. The SMILES string of the molecule is O=P(c1ccccc1)(c1ccccc1)c1cccc(-c2ccc(-c3nc4cc5ccccc5cc4c4sc5ccccc5c34)cc2)c1.c1ccc(-c2nc(-c3ccc(-n4c5ccccc5c5ccccc54)cc3)nc(-c3cccc(-c4nc5cc6ccccc6cc5c5oc6ccccc6c45)c3)n2)cc1.c1ccc(-c2nc(-c3ccccc3)nc(-c3ccc(-c4nc5cc6ccccc6cc5c5oc6ccccc6c45)cc3)n2)cc1. The van der Waals surface area contributed by atoms with E-state index in [0.29, 0.717) is 34.9 Å². The third-order valence-corrected chi connectivity index (χ3v) is 32.9. The Kier molecular flexibility index (Phi) is 21.7. The number of thiophene rings is 1. The summed E-state index contributed by atoms with van der Waals surface area (Å²) < 4.78 is 33.0. The van der Waals surface area contributed by atoms with Gasteiger partial charge in [-0.2, -0.15) is 0 Å². The summed E-state index contributed by atoms with van der Waals surface area (Å²) in [5, 5.41) is 21.7. The van der Waals surface area contributed by atoms with E-state index in [1.165, 1.54) is 58.1 Å². The van der Waals surface area contributed by atoms with Crippen molar-refractivity contribution in [3.8, 4) is 119 Å². The average molecular weight is 1960 g/mol. The van der Waals surface area contributed by atoms with Crippen molar-refractivity contribution >= 4 is 185 Å². The number of rotatable bonds is 14. The number of hydrogen-bond donors (Lipinski definition) is 0. The third-order valence-electron chi connectivity index (χ3n) is 28.6. The van der Waals surface area contributed by atoms with Crippen LogP contribution in [0.3, 0.4) is 0 Å². The molecule has 15 heteroatoms. The van der Waals surface area contributed by atoms with Crippen molar-refractivity contribution in [3.05, 3.63) is 504 Å². The van der Waals surface area contributed by atoms with Crippen LogP contribution in [-0.2, 0) is 4.57 Å². The van der Waals surface area contributed by atoms with Gasteiger partial charge in [0.2, 0.25) is 0 Å². The van der Waals surface area contributed by atoms with Gasteiger partial charge in [-0.15, -0.1) is 11.3 Å². The van der Waals surface area contributed by atoms with Gasteiger partial charge in [-0.05, 0) is 147 Å². The minimum atomic E-state index is -3.07. The molecule has 0 aliphatic rings. The first-order valence-electron chi connectivity index (χ1n) is 50.0. The van der Waals surface area contributed by atoms with Crippen molar-refractivity contribution in [1.82, 2.24) is 49.4 Å². The largest absolute Gasteiger partial charge is 0.455 e. The highest BCUT2D eigenvalue weighted by molar-refractivity contribution is 7.85. The smallest absolute Gasteiger partial charge is 0.171 e. The van der Waals surface area contributed by atoms with E-state index in [2.05, 4.69) is 314 Å². The van der Waals surface area contributed by atoms with Gasteiger partial charge in [0.1, 0.15) is 22.3 Å². The molecule has 30 aromatic rings. The Morgan fingerprint density at radius 2 is 0.520 bits per heavy atom. The van der Waals surface area contributed by atoms with Gasteiger partial charge in [-0.3, -0.25) is 0 Å². The van der Waals surface area contributed by atoms with Crippen LogP contribution < -0.4 is 15.9 Å². The van der Waals surface area contributed by atoms with Gasteiger partial charge in [0.15, 0.2) is 42.1 Å². The van der Waals surface area contributed by atoms with Gasteiger partial charge in [0.05, 0.1) is 55.4 Å². The summed E-state index contributed by atoms with van der Waals surface area (Å²) >= 11 is 1.84. The Labute approximate surface area is 864 Å². The lowest BCUT2D eigenvalue weighted by atomic mass is 9.98. The second-order valence-electron chi connectivity index (χ2n) is 37.6. The zero-order chi connectivity index (χ0) is 99.3. The number of nitrogens with zero attached hydrogens (tertiary/aromatic N) is 10. The Morgan fingerprint density at radius 3 is 0.987 bits per heavy atom. The number of fused-ring (bicyclic) bond motifs is 21. The molecule has 702 valence electrons. The normalized spacial score (nSPS) is 11.8. The summed E-state index contributed by atoms with van der Waals surface area (Å²) in [6.45, 7) is 0. The summed E-state index contributed by atoms with van der Waals surface area (Å²) in [6, 6.07) is 172. The first kappa shape index (κ1) is 88.2. The fourth-order valence-corrected chi connectivity index (χ4v) is 25.3. The molecule has 0 saturated heterocycles. The molecule has 9 aromatic heterocycles. The van der Waals surface area contributed by atoms with Crippen molar-refractivity contribution in [3.63, 3.8) is 0 Å². The molecule has 30 rings (SSSR count). The van der Waals surface area contributed by atoms with E-state index in [-0.39, 0.29) is 0 Å². The van der Waals surface area contributed by atoms with Gasteiger partial charge < -0.3 is 18.0 Å². The lowest BCUT2D eigenvalue weighted by Crippen LogP contribution is -2.25. The van der Waals surface area contributed by atoms with E-state index in [9.17, 15) is 0 Å². The van der Waals surface area contributed by atoms with Crippen molar-refractivity contribution in [1.29, 1.82) is 0 Å². The van der Waals surface area contributed by atoms with Crippen LogP contribution >= 0.6 is 18.5 Å². The number of aromatic nitrogens is 10. The van der Waals surface area contributed by atoms with E-state index in [1.807, 2.05) is 205 Å². The van der Waals surface area contributed by atoms with E-state index in [0.717, 1.165) is 193 Å². The molecule has 0 radical (unpaired) electrons. The summed E-state index contributed by atoms with van der Waals surface area (Å²) in [7, 11) is -3.07. The minimum absolute atomic E-state index is 0.581. The number of para-hydroxylation sites is 4. The predicted molar refractivity (Wildman–Crippen MR) is 620 cm³/mol. The number of furan rings is 2. The van der Waals surface area contributed by atoms with Gasteiger partial charge in [-0.25, -0.2) is 44.9 Å². The quantitative estimate of drug-likeness (QED) is 0.0749. The molecule has 0 amide bonds. The molecule has 0 bridgehead atoms. The zero-order valence-electron chi connectivity index (χ0n) is 80.5. The van der Waals surface area contributed by atoms with Crippen LogP contribution in [0.1, 0.15) is 0 Å². The maximum absolute atomic E-state index is 15.0. The summed E-state index contributed by atoms with van der Waals surface area (Å²) in [6.07, 6.45) is 0. The molecule has 0 spiro atoms. The second kappa shape index (κ2) is 37.0. The minimum Gasteiger partial charge on any atom is -0.455 e. The Balaban J connectivity index is 0.000000109. The van der Waals surface area contributed by atoms with Crippen LogP contribution in [0.5, 0.6) is 0 Å². The molecule has 9 heterocycles. The molecule has 0 saturated carbocycles. The summed E-state index contributed by atoms with van der Waals surface area (Å²) in [5.41, 5.74) is 22.9. The first-order valence-corrected chi connectivity index (χ1v) is 52.5. The topological polar surface area (TPSA) is 164 Å². The predicted octanol–water partition coefficient (Wildman–Crippen LogP) is 34.1. The van der Waals surface area contributed by atoms with Crippen molar-refractivity contribution in [2.24, 2.45) is 0 Å². The molecular weight excluding hydrogens is 1870 g/mol. The van der Waals surface area contributed by atoms with Gasteiger partial charge in [-0.1, -0.05) is 400 Å². The first-order chi connectivity index (χ1) is 74.2. The zero-order valence-corrected chi connectivity index (χ0v) is 82.2. The summed E-state index contributed by atoms with van der Waals surface area (Å²) in [4.78, 5) is 45.9. The van der Waals surface area contributed by atoms with Crippen molar-refractivity contribution in [2.45, 2.75) is 0 Å². The molecule has 0 fully saturated rings. The molecular formula is C135H83N10O3PS. The maximum Gasteiger partial charge on any atom is 0.171 e. The van der Waals surface area contributed by atoms with Crippen LogP contribution in [0.4, 0.5) is 0 Å². The van der Waals surface area contributed by atoms with Crippen LogP contribution in [0.15, 0.2) is 512 Å². The fraction of sp³-hybridized carbons (Fsp3) is 0. The molecule has 13 nitrogen and oxygen atoms in total. The van der Waals surface area contributed by atoms with E-state index in [4.69, 9.17) is 53.7 Å². The Bertz CT molecular complexity index is 10500. The van der Waals surface area contributed by atoms with Crippen LogP contribution in [-0.4, -0.2) is 49.4 Å². The van der Waals surface area contributed by atoms with Gasteiger partial charge in [0, 0.05) is 130 Å². The lowest BCUT2D eigenvalue weighted by Gasteiger charge is -2.20. The van der Waals surface area contributed by atoms with E-state index in [1.54, 1.807) is 0 Å². The number of benzene rings is 21. The van der Waals surface area contributed by atoms with Crippen molar-refractivity contribution < 1.29 is 13.4 Å². The monoisotopic (exact) mass is 1950 g/mol.